The molecular weight excluding hydrogens is 376 g/mol. The summed E-state index contributed by atoms with van der Waals surface area (Å²) in [5.41, 5.74) is 1.43. The maximum atomic E-state index is 12.0. The van der Waals surface area contributed by atoms with Crippen molar-refractivity contribution in [3.05, 3.63) is 47.5 Å². The van der Waals surface area contributed by atoms with E-state index in [0.29, 0.717) is 11.5 Å². The van der Waals surface area contributed by atoms with Crippen LogP contribution in [0.5, 0.6) is 11.5 Å². The standard InChI is InChI=1S/C22H26O5S/c1-14-10-16(6-8-18(14)26-12-20(23)22(3,4)5)28-17-7-9-19(15(2)11-17)27-13-21(24)25/h6-11H,12-13H2,1-5H3,(H,24,25). The maximum Gasteiger partial charge on any atom is 0.341 e. The Kier molecular flexibility index (Phi) is 7.13. The Morgan fingerprint density at radius 3 is 1.75 bits per heavy atom. The lowest BCUT2D eigenvalue weighted by Crippen LogP contribution is -2.26. The van der Waals surface area contributed by atoms with Crippen LogP contribution < -0.4 is 9.47 Å². The zero-order valence-electron chi connectivity index (χ0n) is 16.9. The second-order valence-corrected chi connectivity index (χ2v) is 8.75. The minimum Gasteiger partial charge on any atom is -0.486 e. The average Bonchev–Trinajstić information content (AvgIpc) is 2.59. The van der Waals surface area contributed by atoms with E-state index in [1.165, 1.54) is 0 Å². The molecule has 0 heterocycles. The van der Waals surface area contributed by atoms with Crippen LogP contribution in [0.4, 0.5) is 0 Å². The fourth-order valence-electron chi connectivity index (χ4n) is 2.33. The van der Waals surface area contributed by atoms with Crippen molar-refractivity contribution in [2.75, 3.05) is 13.2 Å². The maximum absolute atomic E-state index is 12.0. The normalized spacial score (nSPS) is 11.2. The SMILES string of the molecule is Cc1cc(Sc2ccc(OCC(=O)C(C)(C)C)c(C)c2)ccc1OCC(=O)O. The lowest BCUT2D eigenvalue weighted by atomic mass is 9.91. The van der Waals surface area contributed by atoms with E-state index in [-0.39, 0.29) is 19.0 Å². The molecule has 0 spiro atoms. The van der Waals surface area contributed by atoms with Crippen molar-refractivity contribution < 1.29 is 24.2 Å². The first-order valence-electron chi connectivity index (χ1n) is 8.96. The third-order valence-electron chi connectivity index (χ3n) is 4.07. The van der Waals surface area contributed by atoms with Crippen molar-refractivity contribution in [3.8, 4) is 11.5 Å². The van der Waals surface area contributed by atoms with E-state index in [1.807, 2.05) is 65.0 Å². The van der Waals surface area contributed by atoms with Gasteiger partial charge in [-0.05, 0) is 61.4 Å². The predicted molar refractivity (Wildman–Crippen MR) is 110 cm³/mol. The number of carbonyl (C=O) groups excluding carboxylic acids is 1. The molecule has 0 aliphatic rings. The molecule has 2 aromatic carbocycles. The molecule has 0 unspecified atom stereocenters. The molecule has 0 aliphatic heterocycles. The first-order valence-corrected chi connectivity index (χ1v) is 9.78. The molecule has 150 valence electrons. The molecule has 1 N–H and O–H groups in total. The van der Waals surface area contributed by atoms with E-state index in [9.17, 15) is 9.59 Å². The number of aliphatic carboxylic acids is 1. The van der Waals surface area contributed by atoms with Crippen molar-refractivity contribution in [2.45, 2.75) is 44.4 Å². The van der Waals surface area contributed by atoms with E-state index in [0.717, 1.165) is 20.9 Å². The lowest BCUT2D eigenvalue weighted by Gasteiger charge is -2.17. The summed E-state index contributed by atoms with van der Waals surface area (Å²) in [6.07, 6.45) is 0. The lowest BCUT2D eigenvalue weighted by molar-refractivity contribution is -0.139. The molecule has 2 rings (SSSR count). The number of hydrogen-bond donors (Lipinski definition) is 1. The van der Waals surface area contributed by atoms with Crippen molar-refractivity contribution in [3.63, 3.8) is 0 Å². The molecule has 0 saturated carbocycles. The highest BCUT2D eigenvalue weighted by molar-refractivity contribution is 7.99. The molecule has 0 atom stereocenters. The molecular formula is C22H26O5S. The number of carbonyl (C=O) groups is 2. The second kappa shape index (κ2) is 9.15. The number of ketones is 1. The van der Waals surface area contributed by atoms with Crippen molar-refractivity contribution in [2.24, 2.45) is 5.41 Å². The van der Waals surface area contributed by atoms with Gasteiger partial charge in [-0.2, -0.15) is 0 Å². The van der Waals surface area contributed by atoms with Crippen molar-refractivity contribution >= 4 is 23.5 Å². The first kappa shape index (κ1) is 21.8. The number of hydrogen-bond acceptors (Lipinski definition) is 5. The number of Topliss-reactive ketones (excluding diaryl/α,β-unsaturated/α-hetero) is 1. The molecule has 6 heteroatoms. The summed E-state index contributed by atoms with van der Waals surface area (Å²) in [6.45, 7) is 9.19. The third-order valence-corrected chi connectivity index (χ3v) is 5.05. The Morgan fingerprint density at radius 2 is 1.36 bits per heavy atom. The van der Waals surface area contributed by atoms with E-state index < -0.39 is 11.4 Å². The van der Waals surface area contributed by atoms with Gasteiger partial charge in [-0.25, -0.2) is 4.79 Å². The summed E-state index contributed by atoms with van der Waals surface area (Å²) in [5.74, 6) is 0.330. The van der Waals surface area contributed by atoms with Crippen LogP contribution in [0, 0.1) is 19.3 Å². The largest absolute Gasteiger partial charge is 0.486 e. The van der Waals surface area contributed by atoms with E-state index in [2.05, 4.69) is 0 Å². The Labute approximate surface area is 170 Å². The minimum absolute atomic E-state index is 0.0611. The molecule has 0 saturated heterocycles. The van der Waals surface area contributed by atoms with Gasteiger partial charge in [-0.1, -0.05) is 32.5 Å². The molecule has 0 aliphatic carbocycles. The second-order valence-electron chi connectivity index (χ2n) is 7.60. The summed E-state index contributed by atoms with van der Waals surface area (Å²) < 4.78 is 10.9. The van der Waals surface area contributed by atoms with Gasteiger partial charge in [0.1, 0.15) is 18.1 Å². The van der Waals surface area contributed by atoms with Crippen LogP contribution >= 0.6 is 11.8 Å². The summed E-state index contributed by atoms with van der Waals surface area (Å²) in [5, 5.41) is 8.71. The van der Waals surface area contributed by atoms with Crippen LogP contribution in [0.1, 0.15) is 31.9 Å². The minimum atomic E-state index is -1.00. The monoisotopic (exact) mass is 402 g/mol. The Bertz CT molecular complexity index is 868. The van der Waals surface area contributed by atoms with E-state index >= 15 is 0 Å². The zero-order chi connectivity index (χ0) is 20.9. The molecule has 0 radical (unpaired) electrons. The number of carboxylic acids is 1. The quantitative estimate of drug-likeness (QED) is 0.676. The summed E-state index contributed by atoms with van der Waals surface area (Å²) in [6, 6.07) is 11.5. The smallest absolute Gasteiger partial charge is 0.341 e. The summed E-state index contributed by atoms with van der Waals surface area (Å²) in [4.78, 5) is 24.7. The molecule has 0 aromatic heterocycles. The van der Waals surface area contributed by atoms with Crippen LogP contribution in [-0.4, -0.2) is 30.1 Å². The van der Waals surface area contributed by atoms with Crippen LogP contribution in [-0.2, 0) is 9.59 Å². The van der Waals surface area contributed by atoms with Gasteiger partial charge in [0.05, 0.1) is 0 Å². The number of rotatable bonds is 8. The Morgan fingerprint density at radius 1 is 0.893 bits per heavy atom. The van der Waals surface area contributed by atoms with Crippen LogP contribution in [0.2, 0.25) is 0 Å². The highest BCUT2D eigenvalue weighted by Gasteiger charge is 2.21. The van der Waals surface area contributed by atoms with Gasteiger partial charge in [0.2, 0.25) is 0 Å². The van der Waals surface area contributed by atoms with Gasteiger partial charge in [0.15, 0.2) is 12.4 Å². The molecule has 2 aromatic rings. The van der Waals surface area contributed by atoms with Crippen LogP contribution in [0.3, 0.4) is 0 Å². The van der Waals surface area contributed by atoms with Crippen LogP contribution in [0.25, 0.3) is 0 Å². The molecule has 0 amide bonds. The Hall–Kier alpha value is -2.47. The Balaban J connectivity index is 2.03. The van der Waals surface area contributed by atoms with Crippen LogP contribution in [0.15, 0.2) is 46.2 Å². The number of benzene rings is 2. The van der Waals surface area contributed by atoms with Crippen molar-refractivity contribution in [1.82, 2.24) is 0 Å². The van der Waals surface area contributed by atoms with Gasteiger partial charge in [0, 0.05) is 15.2 Å². The third kappa shape index (κ3) is 6.30. The van der Waals surface area contributed by atoms with Gasteiger partial charge in [0.25, 0.3) is 0 Å². The van der Waals surface area contributed by atoms with Gasteiger partial charge >= 0.3 is 5.97 Å². The molecule has 0 fully saturated rings. The van der Waals surface area contributed by atoms with E-state index in [1.54, 1.807) is 17.8 Å². The number of aryl methyl sites for hydroxylation is 2. The first-order chi connectivity index (χ1) is 13.1. The molecule has 28 heavy (non-hydrogen) atoms. The van der Waals surface area contributed by atoms with Crippen molar-refractivity contribution in [1.29, 1.82) is 0 Å². The fraction of sp³-hybridized carbons (Fsp3) is 0.364. The number of ether oxygens (including phenoxy) is 2. The number of carboxylic acid groups (broad SMARTS) is 1. The highest BCUT2D eigenvalue weighted by atomic mass is 32.2. The van der Waals surface area contributed by atoms with E-state index in [4.69, 9.17) is 14.6 Å². The van der Waals surface area contributed by atoms with Gasteiger partial charge in [-0.3, -0.25) is 4.79 Å². The molecule has 5 nitrogen and oxygen atoms in total. The predicted octanol–water partition coefficient (Wildman–Crippen LogP) is 4.91. The average molecular weight is 403 g/mol. The summed E-state index contributed by atoms with van der Waals surface area (Å²) in [7, 11) is 0. The fourth-order valence-corrected chi connectivity index (χ4v) is 3.35. The van der Waals surface area contributed by atoms with Gasteiger partial charge < -0.3 is 14.6 Å². The highest BCUT2D eigenvalue weighted by Crippen LogP contribution is 2.33. The topological polar surface area (TPSA) is 72.8 Å². The van der Waals surface area contributed by atoms with Gasteiger partial charge in [-0.15, -0.1) is 0 Å². The molecule has 0 bridgehead atoms. The zero-order valence-corrected chi connectivity index (χ0v) is 17.7. The summed E-state index contributed by atoms with van der Waals surface area (Å²) >= 11 is 1.59.